The lowest BCUT2D eigenvalue weighted by Gasteiger charge is -2.13. The Morgan fingerprint density at radius 3 is 2.92 bits per heavy atom. The molecule has 1 aromatic carbocycles. The summed E-state index contributed by atoms with van der Waals surface area (Å²) in [7, 11) is 0. The van der Waals surface area contributed by atoms with Gasteiger partial charge in [0.1, 0.15) is 5.75 Å². The van der Waals surface area contributed by atoms with Gasteiger partial charge in [-0.25, -0.2) is 0 Å². The zero-order valence-electron chi connectivity index (χ0n) is 7.83. The summed E-state index contributed by atoms with van der Waals surface area (Å²) in [6.45, 7) is 5.50. The minimum absolute atomic E-state index is 0.0652. The molecule has 1 atom stereocenters. The molecule has 0 bridgehead atoms. The Kier molecular flexibility index (Phi) is 3.09. The second-order valence-corrected chi connectivity index (χ2v) is 3.12. The summed E-state index contributed by atoms with van der Waals surface area (Å²) in [6.07, 6.45) is 2.51. The Bertz CT molecular complexity index is 307. The maximum atomic E-state index is 9.44. The highest BCUT2D eigenvalue weighted by Crippen LogP contribution is 2.25. The van der Waals surface area contributed by atoms with Crippen LogP contribution in [0.5, 0.6) is 5.75 Å². The number of rotatable bonds is 3. The number of phenols is 1. The molecule has 1 aromatic rings. The molecule has 0 aliphatic heterocycles. The van der Waals surface area contributed by atoms with Crippen LogP contribution in [0.15, 0.2) is 30.9 Å². The number of aromatic hydroxyl groups is 1. The van der Waals surface area contributed by atoms with Crippen LogP contribution in [-0.4, -0.2) is 5.11 Å². The zero-order chi connectivity index (χ0) is 9.84. The molecule has 0 fully saturated rings. The molecule has 1 rings (SSSR count). The third-order valence-corrected chi connectivity index (χ3v) is 2.17. The smallest absolute Gasteiger partial charge is 0.118 e. The Morgan fingerprint density at radius 2 is 2.31 bits per heavy atom. The van der Waals surface area contributed by atoms with Crippen molar-refractivity contribution in [3.8, 4) is 5.75 Å². The van der Waals surface area contributed by atoms with Crippen molar-refractivity contribution in [3.05, 3.63) is 42.0 Å². The first-order valence-corrected chi connectivity index (χ1v) is 4.31. The highest BCUT2D eigenvalue weighted by molar-refractivity contribution is 5.39. The van der Waals surface area contributed by atoms with Gasteiger partial charge in [0.15, 0.2) is 0 Å². The predicted molar refractivity (Wildman–Crippen MR) is 54.6 cm³/mol. The standard InChI is InChI=1S/C11H15NO/c1-3-5-10(12)9-6-4-7-11(13)8(9)2/h3-4,6-7,10,13H,1,5,12H2,2H3/t10-/m1/s1. The van der Waals surface area contributed by atoms with Crippen molar-refractivity contribution in [2.24, 2.45) is 5.73 Å². The van der Waals surface area contributed by atoms with E-state index in [9.17, 15) is 5.11 Å². The Hall–Kier alpha value is -1.28. The van der Waals surface area contributed by atoms with Crippen molar-refractivity contribution in [1.29, 1.82) is 0 Å². The fraction of sp³-hybridized carbons (Fsp3) is 0.273. The van der Waals surface area contributed by atoms with Crippen LogP contribution >= 0.6 is 0 Å². The maximum absolute atomic E-state index is 9.44. The van der Waals surface area contributed by atoms with Crippen LogP contribution in [0.4, 0.5) is 0 Å². The van der Waals surface area contributed by atoms with Gasteiger partial charge in [0.25, 0.3) is 0 Å². The van der Waals surface area contributed by atoms with Gasteiger partial charge < -0.3 is 10.8 Å². The van der Waals surface area contributed by atoms with Gasteiger partial charge in [-0.3, -0.25) is 0 Å². The Labute approximate surface area is 78.7 Å². The molecule has 0 aliphatic carbocycles. The van der Waals surface area contributed by atoms with E-state index >= 15 is 0 Å². The highest BCUT2D eigenvalue weighted by atomic mass is 16.3. The van der Waals surface area contributed by atoms with E-state index in [-0.39, 0.29) is 6.04 Å². The molecule has 2 heteroatoms. The largest absolute Gasteiger partial charge is 0.508 e. The Balaban J connectivity index is 3.00. The summed E-state index contributed by atoms with van der Waals surface area (Å²) >= 11 is 0. The lowest BCUT2D eigenvalue weighted by Crippen LogP contribution is -2.10. The summed E-state index contributed by atoms with van der Waals surface area (Å²) in [6, 6.07) is 5.34. The van der Waals surface area contributed by atoms with Gasteiger partial charge in [0.2, 0.25) is 0 Å². The average Bonchev–Trinajstić information content (AvgIpc) is 2.10. The summed E-state index contributed by atoms with van der Waals surface area (Å²) in [5, 5.41) is 9.44. The van der Waals surface area contributed by atoms with Gasteiger partial charge in [-0.1, -0.05) is 18.2 Å². The monoisotopic (exact) mass is 177 g/mol. The van der Waals surface area contributed by atoms with Crippen LogP contribution < -0.4 is 5.73 Å². The van der Waals surface area contributed by atoms with E-state index < -0.39 is 0 Å². The molecule has 0 heterocycles. The third kappa shape index (κ3) is 2.10. The topological polar surface area (TPSA) is 46.2 Å². The van der Waals surface area contributed by atoms with Gasteiger partial charge in [0.05, 0.1) is 0 Å². The van der Waals surface area contributed by atoms with Crippen LogP contribution in [-0.2, 0) is 0 Å². The van der Waals surface area contributed by atoms with Crippen molar-refractivity contribution in [1.82, 2.24) is 0 Å². The molecule has 0 saturated carbocycles. The molecule has 2 nitrogen and oxygen atoms in total. The van der Waals surface area contributed by atoms with Crippen LogP contribution in [0, 0.1) is 6.92 Å². The number of nitrogens with two attached hydrogens (primary N) is 1. The fourth-order valence-corrected chi connectivity index (χ4v) is 1.35. The molecular weight excluding hydrogens is 162 g/mol. The molecule has 13 heavy (non-hydrogen) atoms. The van der Waals surface area contributed by atoms with Crippen LogP contribution in [0.1, 0.15) is 23.6 Å². The second kappa shape index (κ2) is 4.10. The first-order chi connectivity index (χ1) is 6.16. The zero-order valence-corrected chi connectivity index (χ0v) is 7.83. The molecule has 0 radical (unpaired) electrons. The molecule has 70 valence electrons. The molecule has 0 aliphatic rings. The lowest BCUT2D eigenvalue weighted by atomic mass is 9.99. The molecule has 0 aromatic heterocycles. The second-order valence-electron chi connectivity index (χ2n) is 3.12. The number of hydrogen-bond donors (Lipinski definition) is 2. The van der Waals surface area contributed by atoms with E-state index in [4.69, 9.17) is 5.73 Å². The SMILES string of the molecule is C=CC[C@@H](N)c1cccc(O)c1C. The first kappa shape index (κ1) is 9.81. The number of hydrogen-bond acceptors (Lipinski definition) is 2. The number of phenolic OH excluding ortho intramolecular Hbond substituents is 1. The van der Waals surface area contributed by atoms with E-state index in [2.05, 4.69) is 6.58 Å². The molecule has 3 N–H and O–H groups in total. The van der Waals surface area contributed by atoms with Gasteiger partial charge in [-0.05, 0) is 30.5 Å². The van der Waals surface area contributed by atoms with E-state index in [0.717, 1.165) is 17.5 Å². The minimum Gasteiger partial charge on any atom is -0.508 e. The molecule has 0 saturated heterocycles. The molecular formula is C11H15NO. The summed E-state index contributed by atoms with van der Waals surface area (Å²) in [5.74, 6) is 0.303. The van der Waals surface area contributed by atoms with E-state index in [1.54, 1.807) is 18.2 Å². The summed E-state index contributed by atoms with van der Waals surface area (Å²) < 4.78 is 0. The predicted octanol–water partition coefficient (Wildman–Crippen LogP) is 2.28. The summed E-state index contributed by atoms with van der Waals surface area (Å²) in [4.78, 5) is 0. The maximum Gasteiger partial charge on any atom is 0.118 e. The Morgan fingerprint density at radius 1 is 1.62 bits per heavy atom. The van der Waals surface area contributed by atoms with Crippen LogP contribution in [0.25, 0.3) is 0 Å². The van der Waals surface area contributed by atoms with Crippen LogP contribution in [0.2, 0.25) is 0 Å². The normalized spacial score (nSPS) is 12.5. The van der Waals surface area contributed by atoms with E-state index in [1.165, 1.54) is 0 Å². The van der Waals surface area contributed by atoms with Crippen LogP contribution in [0.3, 0.4) is 0 Å². The fourth-order valence-electron chi connectivity index (χ4n) is 1.35. The van der Waals surface area contributed by atoms with Gasteiger partial charge in [-0.2, -0.15) is 0 Å². The van der Waals surface area contributed by atoms with Crippen molar-refractivity contribution >= 4 is 0 Å². The van der Waals surface area contributed by atoms with Crippen molar-refractivity contribution in [3.63, 3.8) is 0 Å². The molecule has 0 spiro atoms. The van der Waals surface area contributed by atoms with Gasteiger partial charge in [0, 0.05) is 6.04 Å². The summed E-state index contributed by atoms with van der Waals surface area (Å²) in [5.41, 5.74) is 7.74. The third-order valence-electron chi connectivity index (χ3n) is 2.17. The average molecular weight is 177 g/mol. The highest BCUT2D eigenvalue weighted by Gasteiger charge is 2.08. The van der Waals surface area contributed by atoms with E-state index in [1.807, 2.05) is 13.0 Å². The minimum atomic E-state index is -0.0652. The molecule has 0 amide bonds. The van der Waals surface area contributed by atoms with E-state index in [0.29, 0.717) is 5.75 Å². The first-order valence-electron chi connectivity index (χ1n) is 4.31. The quantitative estimate of drug-likeness (QED) is 0.696. The van der Waals surface area contributed by atoms with Crippen molar-refractivity contribution in [2.75, 3.05) is 0 Å². The lowest BCUT2D eigenvalue weighted by molar-refractivity contribution is 0.469. The molecule has 0 unspecified atom stereocenters. The van der Waals surface area contributed by atoms with Crippen molar-refractivity contribution in [2.45, 2.75) is 19.4 Å². The van der Waals surface area contributed by atoms with Crippen molar-refractivity contribution < 1.29 is 5.11 Å². The van der Waals surface area contributed by atoms with Gasteiger partial charge >= 0.3 is 0 Å². The van der Waals surface area contributed by atoms with Gasteiger partial charge in [-0.15, -0.1) is 6.58 Å². The number of benzene rings is 1.